The van der Waals surface area contributed by atoms with E-state index in [-0.39, 0.29) is 0 Å². The number of anilines is 1. The highest BCUT2D eigenvalue weighted by molar-refractivity contribution is 7.18. The molecule has 1 aliphatic rings. The van der Waals surface area contributed by atoms with Gasteiger partial charge in [-0.05, 0) is 19.1 Å². The molecule has 0 aromatic carbocycles. The van der Waals surface area contributed by atoms with Gasteiger partial charge in [-0.1, -0.05) is 17.4 Å². The van der Waals surface area contributed by atoms with E-state index in [1.54, 1.807) is 22.2 Å². The lowest BCUT2D eigenvalue weighted by molar-refractivity contribution is -0.0466. The molecule has 3 aromatic heterocycles. The summed E-state index contributed by atoms with van der Waals surface area (Å²) in [5.41, 5.74) is 1.53. The number of nitrogens with zero attached hydrogens (tertiary/aromatic N) is 6. The maximum atomic E-state index is 6.06. The van der Waals surface area contributed by atoms with Gasteiger partial charge in [-0.25, -0.2) is 0 Å². The normalized spacial score (nSPS) is 21.2. The average Bonchev–Trinajstić information content (AvgIpc) is 3.25. The second-order valence-corrected chi connectivity index (χ2v) is 6.96. The number of hydrogen-bond donors (Lipinski definition) is 0. The summed E-state index contributed by atoms with van der Waals surface area (Å²) in [5.74, 6) is 0. The highest BCUT2D eigenvalue weighted by atomic mass is 32.1. The molecule has 4 rings (SSSR count). The number of morpholine rings is 1. The van der Waals surface area contributed by atoms with Crippen molar-refractivity contribution in [2.24, 2.45) is 7.05 Å². The number of pyridine rings is 1. The minimum absolute atomic E-state index is 0.399. The zero-order valence-electron chi connectivity index (χ0n) is 13.6. The lowest BCUT2D eigenvalue weighted by atomic mass is 9.97. The molecule has 7 nitrogen and oxygen atoms in total. The highest BCUT2D eigenvalue weighted by Gasteiger charge is 2.36. The topological polar surface area (TPSA) is 69.0 Å². The first kappa shape index (κ1) is 15.2. The lowest BCUT2D eigenvalue weighted by Gasteiger charge is -2.39. The molecule has 0 unspecified atom stereocenters. The van der Waals surface area contributed by atoms with Crippen LogP contribution in [0.3, 0.4) is 0 Å². The highest BCUT2D eigenvalue weighted by Crippen LogP contribution is 2.34. The van der Waals surface area contributed by atoms with Gasteiger partial charge in [0.1, 0.15) is 11.3 Å². The first-order valence-corrected chi connectivity index (χ1v) is 8.59. The third-order valence-electron chi connectivity index (χ3n) is 4.16. The molecular weight excluding hydrogens is 324 g/mol. The van der Waals surface area contributed by atoms with Gasteiger partial charge in [0.15, 0.2) is 5.01 Å². The standard InChI is InChI=1S/C16H18N6OS/c1-16(12-9-18-21(2)10-12)11-22(7-8-23-16)15-20-19-14(24-15)13-5-3-4-6-17-13/h3-6,9-10H,7-8,11H2,1-2H3/t16-/m1/s1. The molecule has 1 fully saturated rings. The summed E-state index contributed by atoms with van der Waals surface area (Å²) < 4.78 is 7.86. The van der Waals surface area contributed by atoms with E-state index in [9.17, 15) is 0 Å². The zero-order valence-corrected chi connectivity index (χ0v) is 14.4. The molecule has 0 radical (unpaired) electrons. The van der Waals surface area contributed by atoms with Crippen LogP contribution < -0.4 is 4.90 Å². The van der Waals surface area contributed by atoms with E-state index < -0.39 is 5.60 Å². The van der Waals surface area contributed by atoms with Gasteiger partial charge in [0.2, 0.25) is 5.13 Å². The van der Waals surface area contributed by atoms with Crippen LogP contribution in [0.4, 0.5) is 5.13 Å². The fraction of sp³-hybridized carbons (Fsp3) is 0.375. The molecule has 3 aromatic rings. The summed E-state index contributed by atoms with van der Waals surface area (Å²) in [6, 6.07) is 5.80. The molecule has 8 heteroatoms. The van der Waals surface area contributed by atoms with Crippen molar-refractivity contribution in [3.63, 3.8) is 0 Å². The first-order valence-electron chi connectivity index (χ1n) is 7.77. The predicted molar refractivity (Wildman–Crippen MR) is 91.9 cm³/mol. The average molecular weight is 342 g/mol. The smallest absolute Gasteiger partial charge is 0.208 e. The van der Waals surface area contributed by atoms with Crippen LogP contribution in [-0.2, 0) is 17.4 Å². The third-order valence-corrected chi connectivity index (χ3v) is 5.17. The molecule has 24 heavy (non-hydrogen) atoms. The van der Waals surface area contributed by atoms with Crippen LogP contribution in [0.25, 0.3) is 10.7 Å². The Labute approximate surface area is 143 Å². The number of aromatic nitrogens is 5. The van der Waals surface area contributed by atoms with Crippen molar-refractivity contribution in [3.05, 3.63) is 42.4 Å². The summed E-state index contributed by atoms with van der Waals surface area (Å²) in [7, 11) is 1.91. The molecule has 1 atom stereocenters. The Balaban J connectivity index is 1.58. The first-order chi connectivity index (χ1) is 11.6. The van der Waals surface area contributed by atoms with Crippen molar-refractivity contribution in [1.29, 1.82) is 0 Å². The minimum atomic E-state index is -0.399. The summed E-state index contributed by atoms with van der Waals surface area (Å²) in [4.78, 5) is 6.56. The van der Waals surface area contributed by atoms with Gasteiger partial charge in [0.05, 0.1) is 19.3 Å². The SMILES string of the molecule is Cn1cc([C@@]2(C)CN(c3nnc(-c4ccccn4)s3)CCO2)cn1. The molecule has 1 aliphatic heterocycles. The molecule has 0 N–H and O–H groups in total. The molecule has 1 saturated heterocycles. The van der Waals surface area contributed by atoms with Gasteiger partial charge in [0, 0.05) is 31.5 Å². The number of ether oxygens (including phenoxy) is 1. The molecule has 0 amide bonds. The fourth-order valence-electron chi connectivity index (χ4n) is 2.84. The van der Waals surface area contributed by atoms with E-state index >= 15 is 0 Å². The molecule has 0 saturated carbocycles. The monoisotopic (exact) mass is 342 g/mol. The maximum absolute atomic E-state index is 6.06. The molecular formula is C16H18N6OS. The van der Waals surface area contributed by atoms with Gasteiger partial charge < -0.3 is 9.64 Å². The van der Waals surface area contributed by atoms with Gasteiger partial charge >= 0.3 is 0 Å². The summed E-state index contributed by atoms with van der Waals surface area (Å²) in [5, 5.41) is 14.6. The second kappa shape index (κ2) is 5.95. The minimum Gasteiger partial charge on any atom is -0.367 e. The van der Waals surface area contributed by atoms with Crippen LogP contribution in [0.15, 0.2) is 36.8 Å². The Morgan fingerprint density at radius 1 is 1.29 bits per heavy atom. The molecule has 0 spiro atoms. The lowest BCUT2D eigenvalue weighted by Crippen LogP contribution is -2.48. The van der Waals surface area contributed by atoms with Gasteiger partial charge in [-0.3, -0.25) is 9.67 Å². The van der Waals surface area contributed by atoms with E-state index in [2.05, 4.69) is 32.1 Å². The predicted octanol–water partition coefficient (Wildman–Crippen LogP) is 2.09. The Bertz CT molecular complexity index is 832. The van der Waals surface area contributed by atoms with Gasteiger partial charge in [-0.2, -0.15) is 5.10 Å². The van der Waals surface area contributed by atoms with Crippen LogP contribution in [0.1, 0.15) is 12.5 Å². The fourth-order valence-corrected chi connectivity index (χ4v) is 3.68. The van der Waals surface area contributed by atoms with Crippen molar-refractivity contribution < 1.29 is 4.74 Å². The molecule has 124 valence electrons. The maximum Gasteiger partial charge on any atom is 0.208 e. The van der Waals surface area contributed by atoms with Crippen LogP contribution >= 0.6 is 11.3 Å². The summed E-state index contributed by atoms with van der Waals surface area (Å²) >= 11 is 1.56. The van der Waals surface area contributed by atoms with Crippen LogP contribution in [0.5, 0.6) is 0 Å². The van der Waals surface area contributed by atoms with E-state index in [1.165, 1.54) is 0 Å². The van der Waals surface area contributed by atoms with Crippen molar-refractivity contribution in [1.82, 2.24) is 25.0 Å². The zero-order chi connectivity index (χ0) is 16.6. The molecule has 4 heterocycles. The Hall–Kier alpha value is -2.32. The molecule has 0 aliphatic carbocycles. The third kappa shape index (κ3) is 2.78. The summed E-state index contributed by atoms with van der Waals surface area (Å²) in [6.45, 7) is 4.25. The number of rotatable bonds is 3. The summed E-state index contributed by atoms with van der Waals surface area (Å²) in [6.07, 6.45) is 5.64. The Morgan fingerprint density at radius 3 is 2.96 bits per heavy atom. The Kier molecular flexibility index (Phi) is 3.78. The Morgan fingerprint density at radius 2 is 2.21 bits per heavy atom. The quantitative estimate of drug-likeness (QED) is 0.726. The largest absolute Gasteiger partial charge is 0.367 e. The van der Waals surface area contributed by atoms with Crippen LogP contribution in [0.2, 0.25) is 0 Å². The number of aryl methyl sites for hydroxylation is 1. The van der Waals surface area contributed by atoms with E-state index in [0.29, 0.717) is 6.61 Å². The van der Waals surface area contributed by atoms with E-state index in [0.717, 1.165) is 34.5 Å². The van der Waals surface area contributed by atoms with Crippen molar-refractivity contribution in [2.45, 2.75) is 12.5 Å². The van der Waals surface area contributed by atoms with Crippen molar-refractivity contribution in [2.75, 3.05) is 24.6 Å². The second-order valence-electron chi connectivity index (χ2n) is 6.01. The van der Waals surface area contributed by atoms with Gasteiger partial charge in [0.25, 0.3) is 0 Å². The van der Waals surface area contributed by atoms with Crippen molar-refractivity contribution >= 4 is 16.5 Å². The number of hydrogen-bond acceptors (Lipinski definition) is 7. The van der Waals surface area contributed by atoms with Crippen LogP contribution in [-0.4, -0.2) is 44.7 Å². The molecule has 0 bridgehead atoms. The van der Waals surface area contributed by atoms with Crippen LogP contribution in [0, 0.1) is 0 Å². The van der Waals surface area contributed by atoms with Gasteiger partial charge in [-0.15, -0.1) is 10.2 Å². The van der Waals surface area contributed by atoms with E-state index in [4.69, 9.17) is 4.74 Å². The van der Waals surface area contributed by atoms with E-state index in [1.807, 2.05) is 37.6 Å². The van der Waals surface area contributed by atoms with Crippen molar-refractivity contribution in [3.8, 4) is 10.7 Å².